The Morgan fingerprint density at radius 3 is 2.47 bits per heavy atom. The Balaban J connectivity index is 1.88. The van der Waals surface area contributed by atoms with Crippen molar-refractivity contribution in [2.75, 3.05) is 31.1 Å². The van der Waals surface area contributed by atoms with Gasteiger partial charge in [-0.15, -0.1) is 0 Å². The fourth-order valence-electron chi connectivity index (χ4n) is 2.14. The van der Waals surface area contributed by atoms with Crippen molar-refractivity contribution >= 4 is 11.6 Å². The fraction of sp³-hybridized carbons (Fsp3) is 0.538. The van der Waals surface area contributed by atoms with Crippen LogP contribution in [0.1, 0.15) is 19.8 Å². The molecule has 2 heterocycles. The van der Waals surface area contributed by atoms with Gasteiger partial charge in [0.2, 0.25) is 5.91 Å². The largest absolute Gasteiger partial charge is 0.368 e. The number of hydrogen-bond donors (Lipinski definition) is 0. The van der Waals surface area contributed by atoms with E-state index >= 15 is 0 Å². The number of pyridine rings is 1. The minimum Gasteiger partial charge on any atom is -0.368 e. The van der Waals surface area contributed by atoms with Gasteiger partial charge in [-0.25, -0.2) is 0 Å². The average molecular weight is 233 g/mol. The van der Waals surface area contributed by atoms with Gasteiger partial charge in [0, 0.05) is 50.7 Å². The van der Waals surface area contributed by atoms with Gasteiger partial charge in [0.25, 0.3) is 0 Å². The van der Waals surface area contributed by atoms with E-state index in [9.17, 15) is 4.79 Å². The number of carbonyl (C=O) groups excluding carboxylic acids is 1. The second kappa shape index (κ2) is 5.66. The molecule has 4 nitrogen and oxygen atoms in total. The molecule has 0 bridgehead atoms. The highest BCUT2D eigenvalue weighted by Gasteiger charge is 2.20. The molecule has 1 amide bonds. The third-order valence-corrected chi connectivity index (χ3v) is 3.12. The number of piperazine rings is 1. The normalized spacial score (nSPS) is 16.1. The number of aromatic nitrogens is 1. The van der Waals surface area contributed by atoms with Crippen LogP contribution in [0.5, 0.6) is 0 Å². The van der Waals surface area contributed by atoms with Gasteiger partial charge in [0.15, 0.2) is 0 Å². The first-order valence-electron chi connectivity index (χ1n) is 6.24. The summed E-state index contributed by atoms with van der Waals surface area (Å²) in [6.45, 7) is 5.55. The standard InChI is InChI=1S/C13H19N3O/c1-2-3-13(17)16-10-8-15(9-11-16)12-4-6-14-7-5-12/h4-7H,2-3,8-11H2,1H3. The Morgan fingerprint density at radius 2 is 1.88 bits per heavy atom. The van der Waals surface area contributed by atoms with Crippen molar-refractivity contribution in [2.45, 2.75) is 19.8 Å². The minimum atomic E-state index is 0.293. The summed E-state index contributed by atoms with van der Waals surface area (Å²) < 4.78 is 0. The van der Waals surface area contributed by atoms with E-state index in [2.05, 4.69) is 9.88 Å². The van der Waals surface area contributed by atoms with Crippen molar-refractivity contribution < 1.29 is 4.79 Å². The molecule has 1 aromatic heterocycles. The van der Waals surface area contributed by atoms with Crippen LogP contribution in [0.25, 0.3) is 0 Å². The summed E-state index contributed by atoms with van der Waals surface area (Å²) >= 11 is 0. The molecule has 1 fully saturated rings. The van der Waals surface area contributed by atoms with Crippen LogP contribution in [0.2, 0.25) is 0 Å². The van der Waals surface area contributed by atoms with Gasteiger partial charge in [-0.2, -0.15) is 0 Å². The van der Waals surface area contributed by atoms with Gasteiger partial charge >= 0.3 is 0 Å². The molecule has 1 aromatic rings. The van der Waals surface area contributed by atoms with Crippen LogP contribution in [0.4, 0.5) is 5.69 Å². The van der Waals surface area contributed by atoms with E-state index in [4.69, 9.17) is 0 Å². The van der Waals surface area contributed by atoms with Crippen molar-refractivity contribution in [2.24, 2.45) is 0 Å². The minimum absolute atomic E-state index is 0.293. The molecule has 92 valence electrons. The van der Waals surface area contributed by atoms with Crippen LogP contribution in [-0.4, -0.2) is 42.0 Å². The Kier molecular flexibility index (Phi) is 3.96. The highest BCUT2D eigenvalue weighted by Crippen LogP contribution is 2.15. The molecular formula is C13H19N3O. The molecule has 0 unspecified atom stereocenters. The maximum atomic E-state index is 11.7. The van der Waals surface area contributed by atoms with Gasteiger partial charge < -0.3 is 9.80 Å². The second-order valence-corrected chi connectivity index (χ2v) is 4.32. The Labute approximate surface area is 102 Å². The topological polar surface area (TPSA) is 36.4 Å². The molecule has 2 rings (SSSR count). The maximum absolute atomic E-state index is 11.7. The monoisotopic (exact) mass is 233 g/mol. The van der Waals surface area contributed by atoms with E-state index in [-0.39, 0.29) is 0 Å². The number of nitrogens with zero attached hydrogens (tertiary/aromatic N) is 3. The van der Waals surface area contributed by atoms with Crippen molar-refractivity contribution in [3.63, 3.8) is 0 Å². The smallest absolute Gasteiger partial charge is 0.222 e. The van der Waals surface area contributed by atoms with Crippen molar-refractivity contribution in [1.82, 2.24) is 9.88 Å². The molecule has 17 heavy (non-hydrogen) atoms. The highest BCUT2D eigenvalue weighted by atomic mass is 16.2. The molecule has 0 atom stereocenters. The molecule has 1 aliphatic rings. The Hall–Kier alpha value is -1.58. The summed E-state index contributed by atoms with van der Waals surface area (Å²) in [7, 11) is 0. The lowest BCUT2D eigenvalue weighted by atomic mass is 10.2. The lowest BCUT2D eigenvalue weighted by molar-refractivity contribution is -0.131. The number of anilines is 1. The van der Waals surface area contributed by atoms with E-state index in [0.29, 0.717) is 12.3 Å². The molecule has 0 N–H and O–H groups in total. The van der Waals surface area contributed by atoms with E-state index < -0.39 is 0 Å². The predicted molar refractivity (Wildman–Crippen MR) is 67.9 cm³/mol. The van der Waals surface area contributed by atoms with Gasteiger partial charge in [-0.05, 0) is 18.6 Å². The molecule has 0 saturated carbocycles. The van der Waals surface area contributed by atoms with E-state index in [1.54, 1.807) is 0 Å². The van der Waals surface area contributed by atoms with Crippen molar-refractivity contribution in [1.29, 1.82) is 0 Å². The van der Waals surface area contributed by atoms with Crippen LogP contribution >= 0.6 is 0 Å². The average Bonchev–Trinajstić information content (AvgIpc) is 2.40. The Morgan fingerprint density at radius 1 is 1.24 bits per heavy atom. The predicted octanol–water partition coefficient (Wildman–Crippen LogP) is 1.53. The first kappa shape index (κ1) is 11.9. The molecule has 0 radical (unpaired) electrons. The first-order chi connectivity index (χ1) is 8.31. The first-order valence-corrected chi connectivity index (χ1v) is 6.24. The number of amides is 1. The van der Waals surface area contributed by atoms with Crippen LogP contribution in [0, 0.1) is 0 Å². The van der Waals surface area contributed by atoms with Crippen LogP contribution in [0.15, 0.2) is 24.5 Å². The van der Waals surface area contributed by atoms with E-state index in [1.807, 2.05) is 36.4 Å². The SMILES string of the molecule is CCCC(=O)N1CCN(c2ccncc2)CC1. The van der Waals surface area contributed by atoms with Gasteiger partial charge in [-0.1, -0.05) is 6.92 Å². The molecule has 0 aliphatic carbocycles. The molecule has 0 spiro atoms. The van der Waals surface area contributed by atoms with Crippen molar-refractivity contribution in [3.8, 4) is 0 Å². The van der Waals surface area contributed by atoms with Gasteiger partial charge in [0.05, 0.1) is 0 Å². The summed E-state index contributed by atoms with van der Waals surface area (Å²) in [6, 6.07) is 4.03. The fourth-order valence-corrected chi connectivity index (χ4v) is 2.14. The summed E-state index contributed by atoms with van der Waals surface area (Å²) in [5, 5.41) is 0. The maximum Gasteiger partial charge on any atom is 0.222 e. The Bertz CT molecular complexity index is 358. The molecule has 0 aromatic carbocycles. The third kappa shape index (κ3) is 2.96. The summed E-state index contributed by atoms with van der Waals surface area (Å²) in [4.78, 5) is 20.0. The van der Waals surface area contributed by atoms with Crippen LogP contribution in [0.3, 0.4) is 0 Å². The summed E-state index contributed by atoms with van der Waals surface area (Å²) in [6.07, 6.45) is 5.23. The zero-order valence-electron chi connectivity index (χ0n) is 10.3. The molecule has 4 heteroatoms. The zero-order valence-corrected chi connectivity index (χ0v) is 10.3. The number of rotatable bonds is 3. The van der Waals surface area contributed by atoms with Crippen molar-refractivity contribution in [3.05, 3.63) is 24.5 Å². The molecule has 1 saturated heterocycles. The third-order valence-electron chi connectivity index (χ3n) is 3.12. The van der Waals surface area contributed by atoms with Crippen LogP contribution < -0.4 is 4.90 Å². The lowest BCUT2D eigenvalue weighted by Crippen LogP contribution is -2.48. The van der Waals surface area contributed by atoms with E-state index in [0.717, 1.165) is 32.6 Å². The molecule has 1 aliphatic heterocycles. The highest BCUT2D eigenvalue weighted by molar-refractivity contribution is 5.76. The second-order valence-electron chi connectivity index (χ2n) is 4.32. The quantitative estimate of drug-likeness (QED) is 0.794. The number of carbonyl (C=O) groups is 1. The summed E-state index contributed by atoms with van der Waals surface area (Å²) in [5.41, 5.74) is 1.20. The lowest BCUT2D eigenvalue weighted by Gasteiger charge is -2.36. The zero-order chi connectivity index (χ0) is 12.1. The van der Waals surface area contributed by atoms with E-state index in [1.165, 1.54) is 5.69 Å². The number of hydrogen-bond acceptors (Lipinski definition) is 3. The summed E-state index contributed by atoms with van der Waals surface area (Å²) in [5.74, 6) is 0.293. The van der Waals surface area contributed by atoms with Gasteiger partial charge in [-0.3, -0.25) is 9.78 Å². The van der Waals surface area contributed by atoms with Gasteiger partial charge in [0.1, 0.15) is 0 Å². The van der Waals surface area contributed by atoms with Crippen LogP contribution in [-0.2, 0) is 4.79 Å². The molecular weight excluding hydrogens is 214 g/mol.